The third-order valence-corrected chi connectivity index (χ3v) is 1.80. The highest BCUT2D eigenvalue weighted by atomic mass is 35.5. The van der Waals surface area contributed by atoms with Crippen molar-refractivity contribution >= 4 is 11.6 Å². The van der Waals surface area contributed by atoms with Crippen LogP contribution in [0, 0.1) is 0 Å². The number of hydrogen-bond donors (Lipinski definition) is 0. The van der Waals surface area contributed by atoms with E-state index >= 15 is 0 Å². The summed E-state index contributed by atoms with van der Waals surface area (Å²) in [6.07, 6.45) is 5.16. The van der Waals surface area contributed by atoms with Crippen LogP contribution in [0.1, 0.15) is 34.1 Å². The summed E-state index contributed by atoms with van der Waals surface area (Å²) in [6.45, 7) is 8.29. The van der Waals surface area contributed by atoms with Crippen molar-refractivity contribution in [3.05, 3.63) is 23.3 Å². The van der Waals surface area contributed by atoms with Crippen molar-refractivity contribution in [3.63, 3.8) is 0 Å². The summed E-state index contributed by atoms with van der Waals surface area (Å²) < 4.78 is 0. The molecule has 0 aromatic rings. The molecular formula is C10H17Cl. The zero-order chi connectivity index (χ0) is 8.85. The first-order valence-corrected chi connectivity index (χ1v) is 4.40. The molecule has 0 aliphatic rings. The van der Waals surface area contributed by atoms with E-state index < -0.39 is 0 Å². The van der Waals surface area contributed by atoms with E-state index in [2.05, 4.69) is 32.9 Å². The third-order valence-electron chi connectivity index (χ3n) is 1.52. The molecule has 0 saturated heterocycles. The predicted molar refractivity (Wildman–Crippen MR) is 53.1 cm³/mol. The molecule has 11 heavy (non-hydrogen) atoms. The highest BCUT2D eigenvalue weighted by Crippen LogP contribution is 2.12. The highest BCUT2D eigenvalue weighted by Gasteiger charge is 1.99. The smallest absolute Gasteiger partial charge is 0.0555 e. The van der Waals surface area contributed by atoms with Crippen molar-refractivity contribution in [2.24, 2.45) is 0 Å². The first-order chi connectivity index (χ1) is 5.06. The molecule has 0 rings (SSSR count). The summed E-state index contributed by atoms with van der Waals surface area (Å²) in [6, 6.07) is 0. The predicted octanol–water partition coefficient (Wildman–Crippen LogP) is 3.92. The Hall–Kier alpha value is -0.230. The van der Waals surface area contributed by atoms with Gasteiger partial charge in [-0.15, -0.1) is 11.6 Å². The molecule has 0 aromatic carbocycles. The first-order valence-electron chi connectivity index (χ1n) is 3.97. The lowest BCUT2D eigenvalue weighted by molar-refractivity contribution is 0.971. The summed E-state index contributed by atoms with van der Waals surface area (Å²) in [4.78, 5) is 0. The third kappa shape index (κ3) is 6.18. The molecule has 1 atom stereocenters. The van der Waals surface area contributed by atoms with Gasteiger partial charge in [0.05, 0.1) is 5.38 Å². The summed E-state index contributed by atoms with van der Waals surface area (Å²) >= 11 is 6.03. The minimum absolute atomic E-state index is 0.163. The summed E-state index contributed by atoms with van der Waals surface area (Å²) in [5.74, 6) is 0. The van der Waals surface area contributed by atoms with Gasteiger partial charge in [-0.3, -0.25) is 0 Å². The Bertz CT molecular complexity index is 162. The van der Waals surface area contributed by atoms with Gasteiger partial charge in [0.15, 0.2) is 0 Å². The van der Waals surface area contributed by atoms with Gasteiger partial charge in [0.1, 0.15) is 0 Å². The van der Waals surface area contributed by atoms with Crippen LogP contribution in [0.15, 0.2) is 23.3 Å². The molecular weight excluding hydrogens is 156 g/mol. The molecule has 0 nitrogen and oxygen atoms in total. The fraction of sp³-hybridized carbons (Fsp3) is 0.600. The lowest BCUT2D eigenvalue weighted by Crippen LogP contribution is -1.94. The Kier molecular flexibility index (Phi) is 5.31. The van der Waals surface area contributed by atoms with Gasteiger partial charge in [0.2, 0.25) is 0 Å². The molecule has 0 aliphatic heterocycles. The van der Waals surface area contributed by atoms with E-state index in [0.29, 0.717) is 0 Å². The first kappa shape index (κ1) is 10.8. The second-order valence-corrected chi connectivity index (χ2v) is 3.66. The van der Waals surface area contributed by atoms with E-state index in [4.69, 9.17) is 11.6 Å². The molecule has 0 aromatic heterocycles. The molecule has 0 N–H and O–H groups in total. The topological polar surface area (TPSA) is 0 Å². The van der Waals surface area contributed by atoms with Crippen LogP contribution in [-0.4, -0.2) is 5.38 Å². The van der Waals surface area contributed by atoms with Gasteiger partial charge in [-0.1, -0.05) is 23.3 Å². The molecule has 0 radical (unpaired) electrons. The Balaban J connectivity index is 3.88. The van der Waals surface area contributed by atoms with Crippen molar-refractivity contribution < 1.29 is 0 Å². The molecule has 0 heterocycles. The van der Waals surface area contributed by atoms with Crippen molar-refractivity contribution in [1.29, 1.82) is 0 Å². The monoisotopic (exact) mass is 172 g/mol. The van der Waals surface area contributed by atoms with Gasteiger partial charge in [0, 0.05) is 0 Å². The van der Waals surface area contributed by atoms with Gasteiger partial charge >= 0.3 is 0 Å². The fourth-order valence-corrected chi connectivity index (χ4v) is 1.34. The van der Waals surface area contributed by atoms with Crippen LogP contribution in [0.25, 0.3) is 0 Å². The van der Waals surface area contributed by atoms with Gasteiger partial charge in [-0.2, -0.15) is 0 Å². The van der Waals surface area contributed by atoms with E-state index in [0.717, 1.165) is 6.42 Å². The van der Waals surface area contributed by atoms with E-state index in [1.807, 2.05) is 6.92 Å². The van der Waals surface area contributed by atoms with E-state index in [-0.39, 0.29) is 5.38 Å². The summed E-state index contributed by atoms with van der Waals surface area (Å²) in [5, 5.41) is 0.163. The normalized spacial score (nSPS) is 14.5. The van der Waals surface area contributed by atoms with E-state index in [1.165, 1.54) is 11.1 Å². The maximum Gasteiger partial charge on any atom is 0.0555 e. The average Bonchev–Trinajstić information content (AvgIpc) is 1.85. The maximum absolute atomic E-state index is 6.03. The second kappa shape index (κ2) is 5.42. The van der Waals surface area contributed by atoms with Crippen LogP contribution in [0.4, 0.5) is 0 Å². The van der Waals surface area contributed by atoms with Gasteiger partial charge in [-0.05, 0) is 34.1 Å². The molecule has 0 amide bonds. The standard InChI is InChI=1S/C10H17Cl/c1-5-9(4)7-10(11)6-8(2)3/h5-6,10H,7H2,1-4H3. The van der Waals surface area contributed by atoms with E-state index in [1.54, 1.807) is 0 Å². The lowest BCUT2D eigenvalue weighted by Gasteiger charge is -2.04. The second-order valence-electron chi connectivity index (χ2n) is 3.10. The minimum Gasteiger partial charge on any atom is -0.118 e. The van der Waals surface area contributed by atoms with Crippen LogP contribution in [0.3, 0.4) is 0 Å². The fourth-order valence-electron chi connectivity index (χ4n) is 0.846. The lowest BCUT2D eigenvalue weighted by atomic mass is 10.1. The van der Waals surface area contributed by atoms with Crippen molar-refractivity contribution in [1.82, 2.24) is 0 Å². The molecule has 0 bridgehead atoms. The van der Waals surface area contributed by atoms with E-state index in [9.17, 15) is 0 Å². The summed E-state index contributed by atoms with van der Waals surface area (Å²) in [5.41, 5.74) is 2.64. The van der Waals surface area contributed by atoms with Gasteiger partial charge < -0.3 is 0 Å². The molecule has 64 valence electrons. The average molecular weight is 173 g/mol. The Morgan fingerprint density at radius 2 is 1.91 bits per heavy atom. The number of allylic oxidation sites excluding steroid dienone is 4. The van der Waals surface area contributed by atoms with Crippen molar-refractivity contribution in [2.75, 3.05) is 0 Å². The minimum atomic E-state index is 0.163. The Labute approximate surface area is 74.9 Å². The number of rotatable bonds is 3. The summed E-state index contributed by atoms with van der Waals surface area (Å²) in [7, 11) is 0. The van der Waals surface area contributed by atoms with Crippen LogP contribution in [0.5, 0.6) is 0 Å². The van der Waals surface area contributed by atoms with Crippen LogP contribution >= 0.6 is 11.6 Å². The van der Waals surface area contributed by atoms with Gasteiger partial charge in [0.25, 0.3) is 0 Å². The van der Waals surface area contributed by atoms with Crippen molar-refractivity contribution in [2.45, 2.75) is 39.5 Å². The zero-order valence-corrected chi connectivity index (χ0v) is 8.57. The molecule has 0 spiro atoms. The SMILES string of the molecule is CC=C(C)CC(Cl)C=C(C)C. The molecule has 0 aliphatic carbocycles. The molecule has 0 saturated carbocycles. The number of hydrogen-bond acceptors (Lipinski definition) is 0. The van der Waals surface area contributed by atoms with Crippen LogP contribution in [-0.2, 0) is 0 Å². The quantitative estimate of drug-likeness (QED) is 0.447. The molecule has 1 heteroatoms. The molecule has 1 unspecified atom stereocenters. The largest absolute Gasteiger partial charge is 0.118 e. The van der Waals surface area contributed by atoms with Crippen molar-refractivity contribution in [3.8, 4) is 0 Å². The number of halogens is 1. The zero-order valence-electron chi connectivity index (χ0n) is 7.82. The number of alkyl halides is 1. The Morgan fingerprint density at radius 3 is 2.27 bits per heavy atom. The Morgan fingerprint density at radius 1 is 1.36 bits per heavy atom. The highest BCUT2D eigenvalue weighted by molar-refractivity contribution is 6.21. The van der Waals surface area contributed by atoms with Gasteiger partial charge in [-0.25, -0.2) is 0 Å². The van der Waals surface area contributed by atoms with Crippen LogP contribution in [0.2, 0.25) is 0 Å². The van der Waals surface area contributed by atoms with Crippen LogP contribution < -0.4 is 0 Å². The molecule has 0 fully saturated rings. The maximum atomic E-state index is 6.03.